The summed E-state index contributed by atoms with van der Waals surface area (Å²) in [7, 11) is -0.412. The van der Waals surface area contributed by atoms with Crippen molar-refractivity contribution in [1.82, 2.24) is 0 Å². The molecule has 0 aromatic rings. The highest BCUT2D eigenvalue weighted by molar-refractivity contribution is 8.37. The van der Waals surface area contributed by atoms with Crippen molar-refractivity contribution in [2.45, 2.75) is 72.6 Å². The number of hydrogen-bond donors (Lipinski definition) is 1. The number of unbranched alkanes of at least 4 members (excludes halogenated alkanes) is 3. The Morgan fingerprint density at radius 1 is 0.737 bits per heavy atom. The molecule has 118 valence electrons. The maximum atomic E-state index is 4.63. The normalized spacial score (nSPS) is 16.8. The third-order valence-corrected chi connectivity index (χ3v) is 8.94. The van der Waals surface area contributed by atoms with Crippen LogP contribution < -0.4 is 0 Å². The van der Waals surface area contributed by atoms with Crippen LogP contribution in [0, 0.1) is 11.8 Å². The van der Waals surface area contributed by atoms with E-state index in [2.05, 4.69) is 46.6 Å². The van der Waals surface area contributed by atoms with Crippen LogP contribution in [0.25, 0.3) is 0 Å². The molecular formula is C17H38S2. The second-order valence-electron chi connectivity index (χ2n) is 7.15. The van der Waals surface area contributed by atoms with E-state index in [1.807, 2.05) is 0 Å². The van der Waals surface area contributed by atoms with Gasteiger partial charge in [0, 0.05) is 5.08 Å². The lowest BCUT2D eigenvalue weighted by molar-refractivity contribution is 0.525. The molecule has 0 spiro atoms. The molecule has 2 heteroatoms. The molecule has 19 heavy (non-hydrogen) atoms. The van der Waals surface area contributed by atoms with Crippen molar-refractivity contribution in [2.75, 3.05) is 22.8 Å². The predicted molar refractivity (Wildman–Crippen MR) is 99.1 cm³/mol. The van der Waals surface area contributed by atoms with E-state index in [9.17, 15) is 0 Å². The first-order valence-electron chi connectivity index (χ1n) is 8.22. The van der Waals surface area contributed by atoms with Crippen LogP contribution in [-0.2, 0) is 0 Å². The number of hydrogen-bond acceptors (Lipinski definition) is 1. The summed E-state index contributed by atoms with van der Waals surface area (Å²) in [5.74, 6) is 4.64. The molecule has 0 saturated carbocycles. The molecule has 0 radical (unpaired) electrons. The zero-order valence-corrected chi connectivity index (χ0v) is 15.8. The minimum absolute atomic E-state index is 0.412. The Kier molecular flexibility index (Phi) is 11.8. The van der Waals surface area contributed by atoms with E-state index in [4.69, 9.17) is 0 Å². The average molecular weight is 307 g/mol. The predicted octanol–water partition coefficient (Wildman–Crippen LogP) is 6.35. The average Bonchev–Trinajstić information content (AvgIpc) is 2.33. The van der Waals surface area contributed by atoms with Gasteiger partial charge in [-0.25, -0.2) is 10.0 Å². The Labute approximate surface area is 130 Å². The van der Waals surface area contributed by atoms with Gasteiger partial charge in [0.1, 0.15) is 0 Å². The van der Waals surface area contributed by atoms with Crippen LogP contribution in [0.15, 0.2) is 0 Å². The summed E-state index contributed by atoms with van der Waals surface area (Å²) in [5.41, 5.74) is 0. The highest BCUT2D eigenvalue weighted by Gasteiger charge is 2.15. The molecule has 0 amide bonds. The Hall–Kier alpha value is 0.700. The van der Waals surface area contributed by atoms with E-state index in [1.165, 1.54) is 56.5 Å². The van der Waals surface area contributed by atoms with Gasteiger partial charge < -0.3 is 0 Å². The lowest BCUT2D eigenvalue weighted by Gasteiger charge is -2.34. The molecule has 1 unspecified atom stereocenters. The third-order valence-electron chi connectivity index (χ3n) is 3.90. The smallest absolute Gasteiger partial charge is 0.0203 e. The molecule has 0 fully saturated rings. The van der Waals surface area contributed by atoms with Crippen LogP contribution in [0.5, 0.6) is 0 Å². The van der Waals surface area contributed by atoms with Crippen LogP contribution in [0.1, 0.15) is 72.6 Å². The van der Waals surface area contributed by atoms with Crippen molar-refractivity contribution < 1.29 is 0 Å². The monoisotopic (exact) mass is 306 g/mol. The van der Waals surface area contributed by atoms with Crippen LogP contribution in [0.4, 0.5) is 0 Å². The molecule has 0 aromatic heterocycles. The molecule has 0 rings (SSSR count). The minimum atomic E-state index is -0.412. The number of rotatable bonds is 12. The molecule has 1 atom stereocenters. The standard InChI is InChI=1S/C17H38S2/c1-16(2)11-8-6-7-9-13-19(5,15-18)14-10-12-17(3)4/h16-18H,6-15H2,1-5H3. The van der Waals surface area contributed by atoms with Crippen molar-refractivity contribution in [3.63, 3.8) is 0 Å². The van der Waals surface area contributed by atoms with Gasteiger partial charge in [-0.05, 0) is 42.4 Å². The topological polar surface area (TPSA) is 0 Å². The van der Waals surface area contributed by atoms with Crippen molar-refractivity contribution in [2.24, 2.45) is 11.8 Å². The summed E-state index contributed by atoms with van der Waals surface area (Å²) in [5, 5.41) is 1.14. The molecule has 0 aliphatic rings. The molecule has 0 aromatic carbocycles. The first-order chi connectivity index (χ1) is 8.89. The first-order valence-corrected chi connectivity index (χ1v) is 11.4. The van der Waals surface area contributed by atoms with Crippen molar-refractivity contribution in [3.8, 4) is 0 Å². The van der Waals surface area contributed by atoms with E-state index in [0.29, 0.717) is 0 Å². The highest BCUT2D eigenvalue weighted by Crippen LogP contribution is 2.46. The highest BCUT2D eigenvalue weighted by atomic mass is 32.3. The zero-order chi connectivity index (χ0) is 14.7. The SMILES string of the molecule is CC(C)CCCCCCS(C)(CS)CCCC(C)C. The van der Waals surface area contributed by atoms with E-state index in [1.54, 1.807) is 0 Å². The summed E-state index contributed by atoms with van der Waals surface area (Å²) in [6, 6.07) is 0. The molecular weight excluding hydrogens is 268 g/mol. The van der Waals surface area contributed by atoms with Crippen molar-refractivity contribution in [1.29, 1.82) is 0 Å². The van der Waals surface area contributed by atoms with Gasteiger partial charge in [-0.3, -0.25) is 0 Å². The Morgan fingerprint density at radius 3 is 1.74 bits per heavy atom. The van der Waals surface area contributed by atoms with Crippen LogP contribution in [0.3, 0.4) is 0 Å². The van der Waals surface area contributed by atoms with E-state index in [-0.39, 0.29) is 0 Å². The molecule has 0 bridgehead atoms. The fourth-order valence-electron chi connectivity index (χ4n) is 2.43. The maximum absolute atomic E-state index is 4.63. The van der Waals surface area contributed by atoms with E-state index >= 15 is 0 Å². The van der Waals surface area contributed by atoms with Gasteiger partial charge in [0.25, 0.3) is 0 Å². The molecule has 0 N–H and O–H groups in total. The fraction of sp³-hybridized carbons (Fsp3) is 1.00. The molecule has 0 aliphatic heterocycles. The largest absolute Gasteiger partial charge is 0.235 e. The first kappa shape index (κ1) is 19.7. The number of thiol groups is 1. The molecule has 0 heterocycles. The Morgan fingerprint density at radius 2 is 1.21 bits per heavy atom. The van der Waals surface area contributed by atoms with Gasteiger partial charge in [-0.2, -0.15) is 12.6 Å². The quantitative estimate of drug-likeness (QED) is 0.315. The second-order valence-corrected chi connectivity index (χ2v) is 12.0. The van der Waals surface area contributed by atoms with E-state index in [0.717, 1.165) is 16.9 Å². The van der Waals surface area contributed by atoms with Crippen LogP contribution in [0.2, 0.25) is 0 Å². The summed E-state index contributed by atoms with van der Waals surface area (Å²) < 4.78 is 0. The van der Waals surface area contributed by atoms with Crippen LogP contribution in [-0.4, -0.2) is 22.8 Å². The lowest BCUT2D eigenvalue weighted by Crippen LogP contribution is -2.10. The lowest BCUT2D eigenvalue weighted by atomic mass is 10.0. The molecule has 0 aliphatic carbocycles. The second kappa shape index (κ2) is 11.4. The van der Waals surface area contributed by atoms with E-state index < -0.39 is 10.0 Å². The van der Waals surface area contributed by atoms with Crippen molar-refractivity contribution >= 4 is 22.7 Å². The Balaban J connectivity index is 3.66. The minimum Gasteiger partial charge on any atom is -0.235 e. The van der Waals surface area contributed by atoms with Gasteiger partial charge in [0.15, 0.2) is 0 Å². The maximum Gasteiger partial charge on any atom is 0.0203 e. The summed E-state index contributed by atoms with van der Waals surface area (Å²) in [4.78, 5) is 0. The Bertz CT molecular complexity index is 201. The summed E-state index contributed by atoms with van der Waals surface area (Å²) >= 11 is 4.63. The zero-order valence-electron chi connectivity index (χ0n) is 14.1. The van der Waals surface area contributed by atoms with Gasteiger partial charge in [-0.15, -0.1) is 0 Å². The molecule has 0 nitrogen and oxygen atoms in total. The fourth-order valence-corrected chi connectivity index (χ4v) is 5.43. The van der Waals surface area contributed by atoms with Gasteiger partial charge in [-0.1, -0.05) is 59.8 Å². The van der Waals surface area contributed by atoms with Gasteiger partial charge >= 0.3 is 0 Å². The summed E-state index contributed by atoms with van der Waals surface area (Å²) in [6.07, 6.45) is 12.5. The molecule has 0 saturated heterocycles. The summed E-state index contributed by atoms with van der Waals surface area (Å²) in [6.45, 7) is 9.33. The van der Waals surface area contributed by atoms with Gasteiger partial charge in [0.2, 0.25) is 0 Å². The van der Waals surface area contributed by atoms with Crippen LogP contribution >= 0.6 is 22.7 Å². The van der Waals surface area contributed by atoms with Crippen molar-refractivity contribution in [3.05, 3.63) is 0 Å². The van der Waals surface area contributed by atoms with Gasteiger partial charge in [0.05, 0.1) is 0 Å². The third kappa shape index (κ3) is 12.2.